The summed E-state index contributed by atoms with van der Waals surface area (Å²) in [7, 11) is 1.65. The summed E-state index contributed by atoms with van der Waals surface area (Å²) < 4.78 is 5.40. The van der Waals surface area contributed by atoms with Crippen molar-refractivity contribution in [3.05, 3.63) is 34.7 Å². The van der Waals surface area contributed by atoms with E-state index < -0.39 is 0 Å². The number of nitriles is 1. The number of rotatable bonds is 4. The highest BCUT2D eigenvalue weighted by Gasteiger charge is 2.18. The molecule has 0 aliphatic heterocycles. The number of benzene rings is 1. The van der Waals surface area contributed by atoms with Crippen LogP contribution in [0.15, 0.2) is 24.3 Å². The minimum atomic E-state index is 0.587. The first-order valence-electron chi connectivity index (χ1n) is 6.17. The summed E-state index contributed by atoms with van der Waals surface area (Å²) in [5, 5.41) is 9.15. The Balaban J connectivity index is 2.64. The molecule has 0 bridgehead atoms. The van der Waals surface area contributed by atoms with E-state index in [0.717, 1.165) is 34.6 Å². The quantitative estimate of drug-likeness (QED) is 0.920. The standard InChI is InChI=1S/C15H16N2OS/c1-3-6-11-14(17)13(9-16)19-15(11)10-7-4-5-8-12(10)18-2/h4-5,7-8H,3,6,17H2,1-2H3. The molecule has 2 aromatic rings. The number of anilines is 1. The summed E-state index contributed by atoms with van der Waals surface area (Å²) in [6.07, 6.45) is 1.87. The molecule has 1 heterocycles. The maximum atomic E-state index is 9.15. The molecule has 4 heteroatoms. The number of hydrogen-bond donors (Lipinski definition) is 1. The molecule has 0 aliphatic rings. The van der Waals surface area contributed by atoms with Gasteiger partial charge in [-0.1, -0.05) is 25.5 Å². The third kappa shape index (κ3) is 2.42. The molecule has 0 aliphatic carbocycles. The predicted molar refractivity (Wildman–Crippen MR) is 79.4 cm³/mol. The molecule has 19 heavy (non-hydrogen) atoms. The first kappa shape index (κ1) is 13.4. The van der Waals surface area contributed by atoms with Crippen molar-refractivity contribution in [1.82, 2.24) is 0 Å². The van der Waals surface area contributed by atoms with Gasteiger partial charge in [-0.05, 0) is 24.1 Å². The molecule has 0 spiro atoms. The van der Waals surface area contributed by atoms with E-state index in [1.165, 1.54) is 11.3 Å². The zero-order chi connectivity index (χ0) is 13.8. The van der Waals surface area contributed by atoms with Gasteiger partial charge in [0.2, 0.25) is 0 Å². The van der Waals surface area contributed by atoms with E-state index in [1.807, 2.05) is 24.3 Å². The van der Waals surface area contributed by atoms with Crippen LogP contribution in [0.4, 0.5) is 5.69 Å². The maximum Gasteiger partial charge on any atom is 0.128 e. The van der Waals surface area contributed by atoms with Crippen LogP contribution < -0.4 is 10.5 Å². The first-order valence-corrected chi connectivity index (χ1v) is 6.99. The van der Waals surface area contributed by atoms with E-state index in [-0.39, 0.29) is 0 Å². The lowest BCUT2D eigenvalue weighted by atomic mass is 10.0. The molecule has 0 saturated heterocycles. The molecule has 2 N–H and O–H groups in total. The van der Waals surface area contributed by atoms with Crippen LogP contribution in [-0.2, 0) is 6.42 Å². The average molecular weight is 272 g/mol. The van der Waals surface area contributed by atoms with Gasteiger partial charge in [0.25, 0.3) is 0 Å². The Labute approximate surface area is 117 Å². The lowest BCUT2D eigenvalue weighted by Crippen LogP contribution is -1.94. The molecular formula is C15H16N2OS. The molecule has 0 saturated carbocycles. The van der Waals surface area contributed by atoms with Gasteiger partial charge < -0.3 is 10.5 Å². The number of methoxy groups -OCH3 is 1. The maximum absolute atomic E-state index is 9.15. The van der Waals surface area contributed by atoms with Gasteiger partial charge in [-0.2, -0.15) is 5.26 Å². The predicted octanol–water partition coefficient (Wildman–Crippen LogP) is 3.83. The average Bonchev–Trinajstić information content (AvgIpc) is 2.76. The number of nitrogens with two attached hydrogens (primary N) is 1. The van der Waals surface area contributed by atoms with Gasteiger partial charge in [-0.3, -0.25) is 0 Å². The summed E-state index contributed by atoms with van der Waals surface area (Å²) in [5.74, 6) is 0.811. The molecule has 0 unspecified atom stereocenters. The second kappa shape index (κ2) is 5.77. The van der Waals surface area contributed by atoms with Crippen molar-refractivity contribution in [3.8, 4) is 22.3 Å². The monoisotopic (exact) mass is 272 g/mol. The Morgan fingerprint density at radius 2 is 2.11 bits per heavy atom. The second-order valence-corrected chi connectivity index (χ2v) is 5.24. The van der Waals surface area contributed by atoms with E-state index >= 15 is 0 Å². The molecular weight excluding hydrogens is 256 g/mol. The first-order chi connectivity index (χ1) is 9.22. The number of ether oxygens (including phenoxy) is 1. The van der Waals surface area contributed by atoms with Crippen molar-refractivity contribution in [2.45, 2.75) is 19.8 Å². The van der Waals surface area contributed by atoms with Crippen LogP contribution in [0.5, 0.6) is 5.75 Å². The Morgan fingerprint density at radius 1 is 1.37 bits per heavy atom. The Hall–Kier alpha value is -1.99. The molecule has 1 aromatic heterocycles. The molecule has 2 rings (SSSR count). The van der Waals surface area contributed by atoms with E-state index in [0.29, 0.717) is 10.6 Å². The number of para-hydroxylation sites is 1. The summed E-state index contributed by atoms with van der Waals surface area (Å²) in [6.45, 7) is 2.11. The van der Waals surface area contributed by atoms with E-state index in [9.17, 15) is 0 Å². The summed E-state index contributed by atoms with van der Waals surface area (Å²) in [4.78, 5) is 1.64. The molecule has 0 amide bonds. The van der Waals surface area contributed by atoms with Gasteiger partial charge >= 0.3 is 0 Å². The number of nitrogen functional groups attached to an aromatic ring is 1. The van der Waals surface area contributed by atoms with Gasteiger partial charge in [-0.15, -0.1) is 11.3 Å². The van der Waals surface area contributed by atoms with Crippen molar-refractivity contribution in [2.75, 3.05) is 12.8 Å². The van der Waals surface area contributed by atoms with Crippen molar-refractivity contribution in [1.29, 1.82) is 5.26 Å². The lowest BCUT2D eigenvalue weighted by molar-refractivity contribution is 0.416. The lowest BCUT2D eigenvalue weighted by Gasteiger charge is -2.09. The summed E-state index contributed by atoms with van der Waals surface area (Å²) >= 11 is 1.44. The van der Waals surface area contributed by atoms with E-state index in [2.05, 4.69) is 13.0 Å². The highest BCUT2D eigenvalue weighted by atomic mass is 32.1. The third-order valence-electron chi connectivity index (χ3n) is 3.00. The highest BCUT2D eigenvalue weighted by Crippen LogP contribution is 2.42. The molecule has 0 fully saturated rings. The van der Waals surface area contributed by atoms with Crippen molar-refractivity contribution in [3.63, 3.8) is 0 Å². The molecule has 0 atom stereocenters. The fourth-order valence-electron chi connectivity index (χ4n) is 2.11. The number of hydrogen-bond acceptors (Lipinski definition) is 4. The zero-order valence-electron chi connectivity index (χ0n) is 11.1. The fourth-order valence-corrected chi connectivity index (χ4v) is 3.21. The van der Waals surface area contributed by atoms with Crippen LogP contribution >= 0.6 is 11.3 Å². The fraction of sp³-hybridized carbons (Fsp3) is 0.267. The van der Waals surface area contributed by atoms with Crippen molar-refractivity contribution >= 4 is 17.0 Å². The van der Waals surface area contributed by atoms with Crippen LogP contribution in [0.3, 0.4) is 0 Å². The Kier molecular flexibility index (Phi) is 4.08. The van der Waals surface area contributed by atoms with Gasteiger partial charge in [0.1, 0.15) is 16.7 Å². The number of thiophene rings is 1. The topological polar surface area (TPSA) is 59.0 Å². The summed E-state index contributed by atoms with van der Waals surface area (Å²) in [5.41, 5.74) is 8.77. The van der Waals surface area contributed by atoms with Crippen molar-refractivity contribution in [2.24, 2.45) is 0 Å². The van der Waals surface area contributed by atoms with Gasteiger partial charge in [0.15, 0.2) is 0 Å². The smallest absolute Gasteiger partial charge is 0.128 e. The van der Waals surface area contributed by atoms with Gasteiger partial charge in [-0.25, -0.2) is 0 Å². The van der Waals surface area contributed by atoms with Crippen LogP contribution in [0.25, 0.3) is 10.4 Å². The Bertz CT molecular complexity index is 626. The minimum absolute atomic E-state index is 0.587. The van der Waals surface area contributed by atoms with Crippen LogP contribution in [0, 0.1) is 11.3 Å². The molecule has 1 aromatic carbocycles. The summed E-state index contributed by atoms with van der Waals surface area (Å²) in [6, 6.07) is 10.0. The molecule has 3 nitrogen and oxygen atoms in total. The molecule has 0 radical (unpaired) electrons. The minimum Gasteiger partial charge on any atom is -0.496 e. The van der Waals surface area contributed by atoms with Gasteiger partial charge in [0, 0.05) is 10.4 Å². The highest BCUT2D eigenvalue weighted by molar-refractivity contribution is 7.16. The van der Waals surface area contributed by atoms with Gasteiger partial charge in [0.05, 0.1) is 12.8 Å². The molecule has 98 valence electrons. The van der Waals surface area contributed by atoms with E-state index in [1.54, 1.807) is 7.11 Å². The zero-order valence-corrected chi connectivity index (χ0v) is 11.9. The second-order valence-electron chi connectivity index (χ2n) is 4.21. The van der Waals surface area contributed by atoms with Crippen LogP contribution in [0.1, 0.15) is 23.8 Å². The van der Waals surface area contributed by atoms with E-state index in [4.69, 9.17) is 15.7 Å². The SMILES string of the molecule is CCCc1c(-c2ccccc2OC)sc(C#N)c1N. The number of nitrogens with zero attached hydrogens (tertiary/aromatic N) is 1. The normalized spacial score (nSPS) is 10.2. The van der Waals surface area contributed by atoms with Crippen LogP contribution in [0.2, 0.25) is 0 Å². The van der Waals surface area contributed by atoms with Crippen molar-refractivity contribution < 1.29 is 4.74 Å². The Morgan fingerprint density at radius 3 is 2.74 bits per heavy atom. The largest absolute Gasteiger partial charge is 0.496 e. The third-order valence-corrected chi connectivity index (χ3v) is 4.19. The van der Waals surface area contributed by atoms with Crippen LogP contribution in [-0.4, -0.2) is 7.11 Å².